The van der Waals surface area contributed by atoms with Gasteiger partial charge in [0.2, 0.25) is 0 Å². The summed E-state index contributed by atoms with van der Waals surface area (Å²) in [5.41, 5.74) is 1.09. The lowest BCUT2D eigenvalue weighted by Crippen LogP contribution is -2.44. The Hall–Kier alpha value is -1.89. The van der Waals surface area contributed by atoms with Crippen LogP contribution in [0.5, 0.6) is 0 Å². The average molecular weight is 353 g/mol. The molecule has 1 aliphatic heterocycles. The van der Waals surface area contributed by atoms with Gasteiger partial charge in [-0.25, -0.2) is 8.42 Å². The molecule has 1 heterocycles. The van der Waals surface area contributed by atoms with Crippen LogP contribution in [0.2, 0.25) is 0 Å². The van der Waals surface area contributed by atoms with E-state index in [0.717, 1.165) is 31.1 Å². The summed E-state index contributed by atoms with van der Waals surface area (Å²) < 4.78 is 23.5. The van der Waals surface area contributed by atoms with Gasteiger partial charge in [0.15, 0.2) is 9.84 Å². The maximum absolute atomic E-state index is 12.9. The number of carboxylic acid groups (broad SMARTS) is 1. The number of aryl methyl sites for hydroxylation is 1. The van der Waals surface area contributed by atoms with Gasteiger partial charge in [-0.05, 0) is 50.3 Å². The molecule has 0 aliphatic carbocycles. The van der Waals surface area contributed by atoms with Crippen LogP contribution in [0.15, 0.2) is 23.1 Å². The van der Waals surface area contributed by atoms with Crippen molar-refractivity contribution in [3.05, 3.63) is 29.3 Å². The molecule has 0 bridgehead atoms. The molecule has 132 valence electrons. The first-order chi connectivity index (χ1) is 11.2. The first-order valence-electron chi connectivity index (χ1n) is 8.03. The van der Waals surface area contributed by atoms with Gasteiger partial charge < -0.3 is 10.0 Å². The van der Waals surface area contributed by atoms with E-state index in [0.29, 0.717) is 18.5 Å². The molecule has 1 atom stereocenters. The van der Waals surface area contributed by atoms with Crippen LogP contribution in [-0.2, 0) is 14.6 Å². The first-order valence-corrected chi connectivity index (χ1v) is 9.93. The van der Waals surface area contributed by atoms with Crippen molar-refractivity contribution in [1.82, 2.24) is 4.90 Å². The van der Waals surface area contributed by atoms with Gasteiger partial charge in [0.25, 0.3) is 5.91 Å². The van der Waals surface area contributed by atoms with Crippen molar-refractivity contribution in [1.29, 1.82) is 0 Å². The Bertz CT molecular complexity index is 741. The number of piperidine rings is 1. The minimum atomic E-state index is -3.39. The number of rotatable bonds is 5. The van der Waals surface area contributed by atoms with E-state index in [1.54, 1.807) is 17.9 Å². The van der Waals surface area contributed by atoms with E-state index in [4.69, 9.17) is 5.11 Å². The third-order valence-electron chi connectivity index (χ3n) is 4.45. The van der Waals surface area contributed by atoms with E-state index < -0.39 is 15.8 Å². The predicted molar refractivity (Wildman–Crippen MR) is 89.8 cm³/mol. The summed E-state index contributed by atoms with van der Waals surface area (Å²) in [6, 6.07) is 4.46. The number of carboxylic acids is 1. The van der Waals surface area contributed by atoms with E-state index in [1.807, 2.05) is 0 Å². The molecule has 1 N–H and O–H groups in total. The van der Waals surface area contributed by atoms with E-state index in [9.17, 15) is 18.0 Å². The molecule has 1 amide bonds. The Labute approximate surface area is 142 Å². The highest BCUT2D eigenvalue weighted by molar-refractivity contribution is 7.90. The minimum absolute atomic E-state index is 0.0246. The first kappa shape index (κ1) is 18.4. The summed E-state index contributed by atoms with van der Waals surface area (Å²) in [4.78, 5) is 25.6. The van der Waals surface area contributed by atoms with E-state index in [2.05, 4.69) is 0 Å². The molecule has 1 aromatic rings. The van der Waals surface area contributed by atoms with Gasteiger partial charge >= 0.3 is 5.97 Å². The summed E-state index contributed by atoms with van der Waals surface area (Å²) in [7, 11) is -3.39. The van der Waals surface area contributed by atoms with Gasteiger partial charge in [-0.3, -0.25) is 9.59 Å². The van der Waals surface area contributed by atoms with Crippen LogP contribution < -0.4 is 0 Å². The zero-order chi connectivity index (χ0) is 17.9. The molecule has 1 aliphatic rings. The van der Waals surface area contributed by atoms with Gasteiger partial charge in [0.05, 0.1) is 4.90 Å². The normalized spacial score (nSPS) is 18.4. The molecule has 6 nitrogen and oxygen atoms in total. The van der Waals surface area contributed by atoms with E-state index >= 15 is 0 Å². The van der Waals surface area contributed by atoms with Gasteiger partial charge in [-0.15, -0.1) is 0 Å². The smallest absolute Gasteiger partial charge is 0.303 e. The van der Waals surface area contributed by atoms with E-state index in [-0.39, 0.29) is 23.3 Å². The monoisotopic (exact) mass is 353 g/mol. The van der Waals surface area contributed by atoms with Crippen LogP contribution in [0.1, 0.15) is 48.0 Å². The molecule has 1 fully saturated rings. The quantitative estimate of drug-likeness (QED) is 0.876. The maximum Gasteiger partial charge on any atom is 0.303 e. The second kappa shape index (κ2) is 7.34. The Kier molecular flexibility index (Phi) is 5.64. The van der Waals surface area contributed by atoms with Crippen LogP contribution in [-0.4, -0.2) is 49.1 Å². The van der Waals surface area contributed by atoms with Crippen LogP contribution >= 0.6 is 0 Å². The van der Waals surface area contributed by atoms with E-state index in [1.165, 1.54) is 12.1 Å². The molecular formula is C17H23NO5S. The highest BCUT2D eigenvalue weighted by Gasteiger charge is 2.29. The van der Waals surface area contributed by atoms with Crippen molar-refractivity contribution >= 4 is 21.7 Å². The highest BCUT2D eigenvalue weighted by atomic mass is 32.2. The third-order valence-corrected chi connectivity index (χ3v) is 5.56. The number of nitrogens with zero attached hydrogens (tertiary/aromatic N) is 1. The molecule has 0 radical (unpaired) electrons. The molecule has 0 aromatic heterocycles. The zero-order valence-electron chi connectivity index (χ0n) is 14.0. The summed E-state index contributed by atoms with van der Waals surface area (Å²) in [5, 5.41) is 8.89. The molecule has 0 saturated carbocycles. The molecule has 24 heavy (non-hydrogen) atoms. The van der Waals surface area contributed by atoms with Crippen molar-refractivity contribution in [2.75, 3.05) is 12.8 Å². The van der Waals surface area contributed by atoms with Crippen molar-refractivity contribution in [3.63, 3.8) is 0 Å². The van der Waals surface area contributed by atoms with Gasteiger partial charge in [0, 0.05) is 30.8 Å². The van der Waals surface area contributed by atoms with Crippen molar-refractivity contribution in [3.8, 4) is 0 Å². The number of aliphatic carboxylic acids is 1. The number of sulfone groups is 1. The second-order valence-corrected chi connectivity index (χ2v) is 8.35. The van der Waals surface area contributed by atoms with Gasteiger partial charge in [-0.1, -0.05) is 6.07 Å². The number of carbonyl (C=O) groups is 2. The molecule has 2 rings (SSSR count). The standard InChI is InChI=1S/C17H23NO5S/c1-12-6-8-14(24(2,22)23)11-15(12)17(21)18-10-4-3-5-13(18)7-9-16(19)20/h6,8,11,13H,3-5,7,9-10H2,1-2H3,(H,19,20)/t13-/m1/s1. The van der Waals surface area contributed by atoms with Crippen LogP contribution in [0.4, 0.5) is 0 Å². The summed E-state index contributed by atoms with van der Waals surface area (Å²) in [6.45, 7) is 2.35. The van der Waals surface area contributed by atoms with Crippen LogP contribution in [0.3, 0.4) is 0 Å². The Balaban J connectivity index is 2.30. The largest absolute Gasteiger partial charge is 0.481 e. The van der Waals surface area contributed by atoms with Gasteiger partial charge in [0.1, 0.15) is 0 Å². The lowest BCUT2D eigenvalue weighted by atomic mass is 9.96. The number of amides is 1. The molecule has 0 spiro atoms. The number of likely N-dealkylation sites (tertiary alicyclic amines) is 1. The van der Waals surface area contributed by atoms with Gasteiger partial charge in [-0.2, -0.15) is 0 Å². The molecule has 1 saturated heterocycles. The molecule has 0 unspecified atom stereocenters. The second-order valence-electron chi connectivity index (χ2n) is 6.33. The lowest BCUT2D eigenvalue weighted by Gasteiger charge is -2.36. The zero-order valence-corrected chi connectivity index (χ0v) is 14.8. The van der Waals surface area contributed by atoms with Crippen molar-refractivity contribution in [2.45, 2.75) is 50.0 Å². The SMILES string of the molecule is Cc1ccc(S(C)(=O)=O)cc1C(=O)N1CCCC[C@@H]1CCC(=O)O. The highest BCUT2D eigenvalue weighted by Crippen LogP contribution is 2.25. The number of hydrogen-bond acceptors (Lipinski definition) is 4. The molecular weight excluding hydrogens is 330 g/mol. The number of hydrogen-bond donors (Lipinski definition) is 1. The number of carbonyl (C=O) groups excluding carboxylic acids is 1. The fraction of sp³-hybridized carbons (Fsp3) is 0.529. The van der Waals surface area contributed by atoms with Crippen LogP contribution in [0, 0.1) is 6.92 Å². The number of benzene rings is 1. The Morgan fingerprint density at radius 3 is 2.62 bits per heavy atom. The fourth-order valence-corrected chi connectivity index (χ4v) is 3.72. The summed E-state index contributed by atoms with van der Waals surface area (Å²) in [6.07, 6.45) is 4.19. The predicted octanol–water partition coefficient (Wildman–Crippen LogP) is 2.26. The third kappa shape index (κ3) is 4.35. The fourth-order valence-electron chi connectivity index (χ4n) is 3.08. The summed E-state index contributed by atoms with van der Waals surface area (Å²) >= 11 is 0. The molecule has 1 aromatic carbocycles. The lowest BCUT2D eigenvalue weighted by molar-refractivity contribution is -0.137. The summed E-state index contributed by atoms with van der Waals surface area (Å²) in [5.74, 6) is -1.09. The average Bonchev–Trinajstić information content (AvgIpc) is 2.52. The Morgan fingerprint density at radius 1 is 1.29 bits per heavy atom. The molecule has 7 heteroatoms. The topological polar surface area (TPSA) is 91.8 Å². The Morgan fingerprint density at radius 2 is 2.00 bits per heavy atom. The van der Waals surface area contributed by atoms with Crippen molar-refractivity contribution < 1.29 is 23.1 Å². The van der Waals surface area contributed by atoms with Crippen LogP contribution in [0.25, 0.3) is 0 Å². The minimum Gasteiger partial charge on any atom is -0.481 e. The maximum atomic E-state index is 12.9. The van der Waals surface area contributed by atoms with Crippen molar-refractivity contribution in [2.24, 2.45) is 0 Å².